The van der Waals surface area contributed by atoms with E-state index >= 15 is 0 Å². The first-order valence-electron chi connectivity index (χ1n) is 4.36. The Kier molecular flexibility index (Phi) is 3.34. The first-order valence-corrected chi connectivity index (χ1v) is 7.12. The van der Waals surface area contributed by atoms with E-state index in [1.54, 1.807) is 18.2 Å². The Morgan fingerprint density at radius 2 is 1.94 bits per heavy atom. The molecule has 0 heterocycles. The van der Waals surface area contributed by atoms with Gasteiger partial charge in [-0.05, 0) is 22.9 Å². The van der Waals surface area contributed by atoms with Crippen LogP contribution in [0, 0.1) is 3.57 Å². The number of carboxylic acid groups (broad SMARTS) is 1. The molecule has 82 valence electrons. The predicted molar refractivity (Wildman–Crippen MR) is 72.0 cm³/mol. The zero-order valence-corrected chi connectivity index (χ0v) is 11.6. The summed E-state index contributed by atoms with van der Waals surface area (Å²) >= 11 is 1.87. The monoisotopic (exact) mass is 392 g/mol. The van der Waals surface area contributed by atoms with Crippen LogP contribution in [0.25, 0.3) is 10.8 Å². The van der Waals surface area contributed by atoms with Crippen LogP contribution in [0.2, 0.25) is 0 Å². The van der Waals surface area contributed by atoms with Crippen molar-refractivity contribution in [2.45, 2.75) is 0 Å². The van der Waals surface area contributed by atoms with Crippen molar-refractivity contribution in [2.24, 2.45) is 0 Å². The van der Waals surface area contributed by atoms with E-state index in [9.17, 15) is 7.86 Å². The molecule has 1 N–H and O–H groups in total. The van der Waals surface area contributed by atoms with Gasteiger partial charge >= 0.3 is 5.97 Å². The van der Waals surface area contributed by atoms with Crippen LogP contribution in [0.4, 0.5) is 0 Å². The van der Waals surface area contributed by atoms with Gasteiger partial charge in [-0.25, -0.2) is 4.79 Å². The summed E-state index contributed by atoms with van der Waals surface area (Å²) in [6.45, 7) is 0. The van der Waals surface area contributed by atoms with Crippen molar-refractivity contribution >= 4 is 53.9 Å². The van der Waals surface area contributed by atoms with E-state index in [4.69, 9.17) is 5.11 Å². The Bertz CT molecular complexity index is 595. The molecule has 0 spiro atoms. The topological polar surface area (TPSA) is 54.4 Å². The van der Waals surface area contributed by atoms with E-state index in [1.807, 2.05) is 6.07 Å². The Morgan fingerprint density at radius 1 is 1.19 bits per heavy atom. The van der Waals surface area contributed by atoms with E-state index in [0.717, 1.165) is 15.2 Å². The van der Waals surface area contributed by atoms with Gasteiger partial charge in [0.25, 0.3) is 0 Å². The van der Waals surface area contributed by atoms with Crippen LogP contribution in [0.1, 0.15) is 10.4 Å². The molecule has 0 aromatic heterocycles. The average Bonchev–Trinajstić information content (AvgIpc) is 2.27. The summed E-state index contributed by atoms with van der Waals surface area (Å²) in [7, 11) is 0. The van der Waals surface area contributed by atoms with Gasteiger partial charge in [0.1, 0.15) is 0 Å². The summed E-state index contributed by atoms with van der Waals surface area (Å²) in [4.78, 5) is 11.0. The number of hydrogen-bond acceptors (Lipinski definition) is 2. The zero-order chi connectivity index (χ0) is 11.7. The fourth-order valence-corrected chi connectivity index (χ4v) is 3.38. The van der Waals surface area contributed by atoms with E-state index < -0.39 is 27.2 Å². The summed E-state index contributed by atoms with van der Waals surface area (Å²) in [5.41, 5.74) is 0.133. The maximum Gasteiger partial charge on any atom is 0.336 e. The summed E-state index contributed by atoms with van der Waals surface area (Å²) in [6.07, 6.45) is 0. The molecule has 0 atom stereocenters. The third-order valence-electron chi connectivity index (χ3n) is 2.25. The molecule has 2 rings (SSSR count). The minimum Gasteiger partial charge on any atom is -0.478 e. The Balaban J connectivity index is 2.91. The van der Waals surface area contributed by atoms with Crippen LogP contribution in [0.5, 0.6) is 0 Å². The van der Waals surface area contributed by atoms with Crippen molar-refractivity contribution in [2.75, 3.05) is 0 Å². The quantitative estimate of drug-likeness (QED) is 0.791. The maximum atomic E-state index is 11.2. The molecular formula is C11H6BrIO3. The largest absolute Gasteiger partial charge is 0.478 e. The first-order chi connectivity index (χ1) is 7.65. The van der Waals surface area contributed by atoms with Crippen molar-refractivity contribution in [3.05, 3.63) is 43.9 Å². The fraction of sp³-hybridized carbons (Fsp3) is 0. The van der Waals surface area contributed by atoms with E-state index in [2.05, 4.69) is 15.9 Å². The van der Waals surface area contributed by atoms with E-state index in [0.29, 0.717) is 3.57 Å². The molecule has 0 bridgehead atoms. The molecule has 0 saturated carbocycles. The lowest BCUT2D eigenvalue weighted by Gasteiger charge is -2.05. The highest BCUT2D eigenvalue weighted by Gasteiger charge is 2.14. The molecular weight excluding hydrogens is 387 g/mol. The second kappa shape index (κ2) is 4.58. The molecule has 0 unspecified atom stereocenters. The second-order valence-corrected chi connectivity index (χ2v) is 5.52. The standard InChI is InChI=1S/C11H6BrIO3/c12-9-3-1-2-7-6(9)4-5-8(11(14)15)10(7)13-16/h1-5H,(H,14,15). The molecule has 5 heteroatoms. The molecule has 2 aromatic carbocycles. The van der Waals surface area contributed by atoms with Crippen LogP contribution in [0.15, 0.2) is 34.8 Å². The summed E-state index contributed by atoms with van der Waals surface area (Å²) < 4.78 is 12.5. The minimum absolute atomic E-state index is 0.133. The van der Waals surface area contributed by atoms with Gasteiger partial charge in [-0.15, -0.1) is 0 Å². The minimum atomic E-state index is -1.51. The highest BCUT2D eigenvalue weighted by Crippen LogP contribution is 2.31. The molecule has 0 saturated heterocycles. The van der Waals surface area contributed by atoms with Crippen molar-refractivity contribution in [1.82, 2.24) is 0 Å². The number of aromatic carboxylic acids is 1. The number of carbonyl (C=O) groups is 1. The van der Waals surface area contributed by atoms with Crippen LogP contribution in [-0.4, -0.2) is 11.1 Å². The fourth-order valence-electron chi connectivity index (χ4n) is 1.53. The number of benzene rings is 2. The average molecular weight is 393 g/mol. The Hall–Kier alpha value is -0.820. The highest BCUT2D eigenvalue weighted by molar-refractivity contribution is 14.1. The van der Waals surface area contributed by atoms with Crippen LogP contribution < -0.4 is 0 Å². The number of rotatable bonds is 2. The third-order valence-corrected chi connectivity index (χ3v) is 4.54. The summed E-state index contributed by atoms with van der Waals surface area (Å²) in [5.74, 6) is -1.03. The van der Waals surface area contributed by atoms with Gasteiger partial charge in [-0.3, -0.25) is 3.07 Å². The SMILES string of the molecule is O=Ic1c(C(=O)O)ccc2c(Br)cccc12. The summed E-state index contributed by atoms with van der Waals surface area (Å²) in [5, 5.41) is 10.6. The number of carboxylic acids is 1. The third kappa shape index (κ3) is 1.89. The lowest BCUT2D eigenvalue weighted by atomic mass is 10.1. The van der Waals surface area contributed by atoms with E-state index in [1.165, 1.54) is 6.07 Å². The van der Waals surface area contributed by atoms with Gasteiger partial charge in [-0.2, -0.15) is 0 Å². The molecule has 0 amide bonds. The molecule has 0 aliphatic heterocycles. The van der Waals surface area contributed by atoms with E-state index in [-0.39, 0.29) is 5.56 Å². The smallest absolute Gasteiger partial charge is 0.336 e. The number of halogens is 2. The second-order valence-electron chi connectivity index (χ2n) is 3.14. The van der Waals surface area contributed by atoms with Gasteiger partial charge < -0.3 is 5.11 Å². The van der Waals surface area contributed by atoms with Gasteiger partial charge in [0.05, 0.1) is 9.13 Å². The summed E-state index contributed by atoms with van der Waals surface area (Å²) in [6, 6.07) is 8.70. The molecule has 0 fully saturated rings. The molecule has 0 radical (unpaired) electrons. The van der Waals surface area contributed by atoms with Crippen molar-refractivity contribution in [3.63, 3.8) is 0 Å². The number of hydrogen-bond donors (Lipinski definition) is 1. The molecule has 16 heavy (non-hydrogen) atoms. The molecule has 2 aromatic rings. The van der Waals surface area contributed by atoms with Crippen LogP contribution >= 0.6 is 37.1 Å². The van der Waals surface area contributed by atoms with Crippen LogP contribution in [-0.2, 0) is 3.07 Å². The Labute approximate surface area is 110 Å². The van der Waals surface area contributed by atoms with Gasteiger partial charge in [0.15, 0.2) is 21.2 Å². The molecule has 3 nitrogen and oxygen atoms in total. The van der Waals surface area contributed by atoms with Gasteiger partial charge in [0.2, 0.25) is 0 Å². The lowest BCUT2D eigenvalue weighted by molar-refractivity contribution is 0.0696. The van der Waals surface area contributed by atoms with Crippen molar-refractivity contribution < 1.29 is 13.0 Å². The molecule has 0 aliphatic carbocycles. The number of fused-ring (bicyclic) bond motifs is 1. The Morgan fingerprint density at radius 3 is 2.56 bits per heavy atom. The van der Waals surface area contributed by atoms with Gasteiger partial charge in [0, 0.05) is 4.47 Å². The van der Waals surface area contributed by atoms with Gasteiger partial charge in [-0.1, -0.05) is 34.1 Å². The highest BCUT2D eigenvalue weighted by atomic mass is 127. The zero-order valence-electron chi connectivity index (χ0n) is 7.91. The predicted octanol–water partition coefficient (Wildman–Crippen LogP) is 3.79. The van der Waals surface area contributed by atoms with Crippen LogP contribution in [0.3, 0.4) is 0 Å². The first kappa shape index (κ1) is 11.7. The van der Waals surface area contributed by atoms with Crippen molar-refractivity contribution in [3.8, 4) is 0 Å². The van der Waals surface area contributed by atoms with Crippen molar-refractivity contribution in [1.29, 1.82) is 0 Å². The maximum absolute atomic E-state index is 11.2. The normalized spacial score (nSPS) is 10.6. The lowest BCUT2D eigenvalue weighted by Crippen LogP contribution is -2.00. The molecule has 0 aliphatic rings.